The number of pyridine rings is 2. The number of anilines is 1. The average Bonchev–Trinajstić information content (AvgIpc) is 3.32. The third-order valence-electron chi connectivity index (χ3n) is 5.47. The van der Waals surface area contributed by atoms with Crippen LogP contribution in [0.4, 0.5) is 5.69 Å². The second-order valence-electron chi connectivity index (χ2n) is 7.42. The van der Waals surface area contributed by atoms with E-state index < -0.39 is 0 Å². The summed E-state index contributed by atoms with van der Waals surface area (Å²) >= 11 is 3.53. The van der Waals surface area contributed by atoms with E-state index in [2.05, 4.69) is 56.7 Å². The summed E-state index contributed by atoms with van der Waals surface area (Å²) in [6, 6.07) is 12.3. The molecule has 9 heteroatoms. The van der Waals surface area contributed by atoms with Gasteiger partial charge in [-0.1, -0.05) is 0 Å². The van der Waals surface area contributed by atoms with Gasteiger partial charge in [0.05, 0.1) is 24.9 Å². The van der Waals surface area contributed by atoms with Crippen molar-refractivity contribution in [3.63, 3.8) is 0 Å². The van der Waals surface area contributed by atoms with Crippen molar-refractivity contribution < 1.29 is 4.74 Å². The van der Waals surface area contributed by atoms with E-state index in [0.717, 1.165) is 54.0 Å². The fraction of sp³-hybridized carbons (Fsp3) is 0.250. The summed E-state index contributed by atoms with van der Waals surface area (Å²) in [5, 5.41) is 13.4. The highest BCUT2D eigenvalue weighted by Gasteiger charge is 2.15. The Balaban J connectivity index is 0.00000126. The first-order valence-corrected chi connectivity index (χ1v) is 11.5. The molecular weight excluding hydrogens is 434 g/mol. The minimum atomic E-state index is 0.693. The summed E-state index contributed by atoms with van der Waals surface area (Å²) in [4.78, 5) is 6.92. The molecule has 4 heterocycles. The molecule has 1 saturated heterocycles. The Hall–Kier alpha value is -3.43. The van der Waals surface area contributed by atoms with Crippen LogP contribution in [0, 0.1) is 0 Å². The number of hydrogen-bond donors (Lipinski definition) is 1. The minimum Gasteiger partial charge on any atom is -0.378 e. The van der Waals surface area contributed by atoms with Gasteiger partial charge < -0.3 is 9.64 Å². The standard InChI is InChI=1S/C23H23N7O.CH4S/c1-24-27-23-6-3-17(18-14-26-28(2)15-18)16-30(23)19-4-5-21-20(13-19)22(7-8-25-21)29-9-11-31-12-10-29;1-2/h3-8,13-16H,1,9-12H2,2H3;2H,1H3/b27-23-;. The lowest BCUT2D eigenvalue weighted by atomic mass is 10.1. The molecule has 1 aliphatic heterocycles. The van der Waals surface area contributed by atoms with E-state index in [9.17, 15) is 0 Å². The van der Waals surface area contributed by atoms with E-state index in [4.69, 9.17) is 4.74 Å². The molecule has 1 aliphatic rings. The van der Waals surface area contributed by atoms with E-state index >= 15 is 0 Å². The Labute approximate surface area is 198 Å². The van der Waals surface area contributed by atoms with Crippen molar-refractivity contribution in [2.45, 2.75) is 0 Å². The van der Waals surface area contributed by atoms with Gasteiger partial charge >= 0.3 is 0 Å². The molecule has 170 valence electrons. The largest absolute Gasteiger partial charge is 0.378 e. The van der Waals surface area contributed by atoms with E-state index in [0.29, 0.717) is 5.49 Å². The summed E-state index contributed by atoms with van der Waals surface area (Å²) in [5.74, 6) is 0. The number of rotatable bonds is 4. The number of nitrogens with zero attached hydrogens (tertiary/aromatic N) is 7. The number of aryl methyl sites for hydroxylation is 1. The van der Waals surface area contributed by atoms with Gasteiger partial charge in [-0.2, -0.15) is 22.8 Å². The highest BCUT2D eigenvalue weighted by atomic mass is 32.1. The number of aromatic nitrogens is 4. The molecule has 0 spiro atoms. The number of hydrogen-bond acceptors (Lipinski definition) is 7. The zero-order valence-corrected chi connectivity index (χ0v) is 19.7. The molecule has 0 aliphatic carbocycles. The Morgan fingerprint density at radius 1 is 1.03 bits per heavy atom. The molecule has 0 N–H and O–H groups in total. The van der Waals surface area contributed by atoms with Crippen LogP contribution in [0.3, 0.4) is 0 Å². The predicted molar refractivity (Wildman–Crippen MR) is 136 cm³/mol. The molecule has 33 heavy (non-hydrogen) atoms. The Kier molecular flexibility index (Phi) is 7.21. The van der Waals surface area contributed by atoms with Crippen molar-refractivity contribution in [1.29, 1.82) is 0 Å². The Morgan fingerprint density at radius 3 is 2.58 bits per heavy atom. The van der Waals surface area contributed by atoms with E-state index in [1.165, 1.54) is 5.69 Å². The highest BCUT2D eigenvalue weighted by molar-refractivity contribution is 7.79. The molecule has 0 radical (unpaired) electrons. The van der Waals surface area contributed by atoms with E-state index in [1.807, 2.05) is 60.7 Å². The summed E-state index contributed by atoms with van der Waals surface area (Å²) in [5.41, 5.74) is 5.86. The second-order valence-corrected chi connectivity index (χ2v) is 7.42. The molecule has 8 nitrogen and oxygen atoms in total. The van der Waals surface area contributed by atoms with E-state index in [-0.39, 0.29) is 0 Å². The van der Waals surface area contributed by atoms with Crippen LogP contribution in [0.15, 0.2) is 71.4 Å². The third-order valence-corrected chi connectivity index (χ3v) is 5.47. The lowest BCUT2D eigenvalue weighted by molar-refractivity contribution is 0.123. The maximum absolute atomic E-state index is 5.53. The van der Waals surface area contributed by atoms with Crippen LogP contribution >= 0.6 is 12.6 Å². The number of fused-ring (bicyclic) bond motifs is 1. The molecule has 0 bridgehead atoms. The van der Waals surface area contributed by atoms with Crippen molar-refractivity contribution in [3.05, 3.63) is 66.7 Å². The van der Waals surface area contributed by atoms with Gasteiger partial charge in [0.2, 0.25) is 0 Å². The third kappa shape index (κ3) is 4.84. The zero-order chi connectivity index (χ0) is 23.2. The first-order chi connectivity index (χ1) is 16.2. The zero-order valence-electron chi connectivity index (χ0n) is 18.8. The molecule has 3 aromatic heterocycles. The summed E-state index contributed by atoms with van der Waals surface area (Å²) in [6.45, 7) is 6.74. The van der Waals surface area contributed by atoms with Crippen molar-refractivity contribution in [3.8, 4) is 16.8 Å². The molecular formula is C24H27N7OS. The van der Waals surface area contributed by atoms with Gasteiger partial charge in [0.25, 0.3) is 0 Å². The van der Waals surface area contributed by atoms with Gasteiger partial charge in [0, 0.05) is 73.3 Å². The normalized spacial score (nSPS) is 14.2. The van der Waals surface area contributed by atoms with Crippen molar-refractivity contribution in [2.75, 3.05) is 37.5 Å². The van der Waals surface area contributed by atoms with Gasteiger partial charge in [0.1, 0.15) is 0 Å². The molecule has 0 saturated carbocycles. The van der Waals surface area contributed by atoms with Gasteiger partial charge in [0.15, 0.2) is 5.49 Å². The van der Waals surface area contributed by atoms with Crippen LogP contribution < -0.4 is 10.4 Å². The summed E-state index contributed by atoms with van der Waals surface area (Å²) in [7, 11) is 1.91. The Morgan fingerprint density at radius 2 is 1.85 bits per heavy atom. The predicted octanol–water partition coefficient (Wildman–Crippen LogP) is 3.32. The quantitative estimate of drug-likeness (QED) is 0.288. The van der Waals surface area contributed by atoms with Crippen LogP contribution in [0.1, 0.15) is 0 Å². The summed E-state index contributed by atoms with van der Waals surface area (Å²) in [6.07, 6.45) is 9.45. The lowest BCUT2D eigenvalue weighted by Gasteiger charge is -2.29. The smallest absolute Gasteiger partial charge is 0.159 e. The molecule has 4 aromatic rings. The monoisotopic (exact) mass is 461 g/mol. The maximum atomic E-state index is 5.53. The first-order valence-electron chi connectivity index (χ1n) is 10.6. The topological polar surface area (TPSA) is 72.8 Å². The maximum Gasteiger partial charge on any atom is 0.159 e. The molecule has 0 amide bonds. The van der Waals surface area contributed by atoms with E-state index in [1.54, 1.807) is 10.9 Å². The number of ether oxygens (including phenoxy) is 1. The van der Waals surface area contributed by atoms with Crippen molar-refractivity contribution >= 4 is 35.9 Å². The van der Waals surface area contributed by atoms with Crippen LogP contribution in [-0.2, 0) is 11.8 Å². The van der Waals surface area contributed by atoms with Crippen molar-refractivity contribution in [2.24, 2.45) is 17.3 Å². The number of thiol groups is 1. The lowest BCUT2D eigenvalue weighted by Crippen LogP contribution is -2.36. The van der Waals surface area contributed by atoms with Crippen LogP contribution in [0.25, 0.3) is 27.7 Å². The summed E-state index contributed by atoms with van der Waals surface area (Å²) < 4.78 is 9.34. The SMILES string of the molecule is C=N/N=c1/ccc(-c2cnn(C)c2)cn1-c1ccc2nccc(N3CCOCC3)c2c1.CS. The molecule has 1 fully saturated rings. The fourth-order valence-electron chi connectivity index (χ4n) is 3.94. The Bertz CT molecular complexity index is 1320. The van der Waals surface area contributed by atoms with Gasteiger partial charge in [-0.05, 0) is 42.7 Å². The van der Waals surface area contributed by atoms with Gasteiger partial charge in [-0.25, -0.2) is 0 Å². The number of morpholine rings is 1. The van der Waals surface area contributed by atoms with Crippen molar-refractivity contribution in [1.82, 2.24) is 19.3 Å². The minimum absolute atomic E-state index is 0.693. The molecule has 5 rings (SSSR count). The molecule has 1 aromatic carbocycles. The fourth-order valence-corrected chi connectivity index (χ4v) is 3.94. The van der Waals surface area contributed by atoms with Gasteiger partial charge in [-0.3, -0.25) is 14.2 Å². The first kappa shape index (κ1) is 22.8. The highest BCUT2D eigenvalue weighted by Crippen LogP contribution is 2.28. The van der Waals surface area contributed by atoms with Gasteiger partial charge in [-0.15, -0.1) is 5.10 Å². The van der Waals surface area contributed by atoms with Crippen LogP contribution in [0.2, 0.25) is 0 Å². The molecule has 0 atom stereocenters. The van der Waals surface area contributed by atoms with Crippen LogP contribution in [-0.4, -0.2) is 58.6 Å². The second kappa shape index (κ2) is 10.5. The van der Waals surface area contributed by atoms with Crippen LogP contribution in [0.5, 0.6) is 0 Å². The number of benzene rings is 1. The molecule has 0 unspecified atom stereocenters. The average molecular weight is 462 g/mol.